The lowest BCUT2D eigenvalue weighted by Gasteiger charge is -2.31. The number of hydrogen-bond donors (Lipinski definition) is 1. The van der Waals surface area contributed by atoms with Crippen molar-refractivity contribution >= 4 is 0 Å². The van der Waals surface area contributed by atoms with Crippen molar-refractivity contribution in [1.29, 1.82) is 0 Å². The summed E-state index contributed by atoms with van der Waals surface area (Å²) in [4.78, 5) is 0. The fourth-order valence-electron chi connectivity index (χ4n) is 1.92. The van der Waals surface area contributed by atoms with Crippen LogP contribution < -0.4 is 0 Å². The third-order valence-electron chi connectivity index (χ3n) is 3.15. The van der Waals surface area contributed by atoms with Crippen molar-refractivity contribution in [2.45, 2.75) is 51.1 Å². The SMILES string of the molecule is C#CC[C@@H](O[C@@H]1CCCCO1)[C@@H](C)[C@H](O)C=C. The average Bonchev–Trinajstić information content (AvgIpc) is 2.37. The van der Waals surface area contributed by atoms with Crippen molar-refractivity contribution in [3.63, 3.8) is 0 Å². The van der Waals surface area contributed by atoms with Crippen molar-refractivity contribution in [1.82, 2.24) is 0 Å². The standard InChI is InChI=1S/C14H22O3/c1-4-8-13(11(3)12(15)5-2)17-14-9-6-7-10-16-14/h1,5,11-15H,2,6-10H2,3H3/t11-,12+,13+,14+/m0/s1. The van der Waals surface area contributed by atoms with Gasteiger partial charge in [-0.1, -0.05) is 13.0 Å². The van der Waals surface area contributed by atoms with Gasteiger partial charge in [-0.3, -0.25) is 0 Å². The molecule has 0 spiro atoms. The molecule has 96 valence electrons. The Balaban J connectivity index is 2.52. The molecule has 17 heavy (non-hydrogen) atoms. The molecular weight excluding hydrogens is 216 g/mol. The molecule has 0 amide bonds. The highest BCUT2D eigenvalue weighted by atomic mass is 16.7. The maximum Gasteiger partial charge on any atom is 0.158 e. The minimum absolute atomic E-state index is 0.0749. The molecule has 1 rings (SSSR count). The minimum atomic E-state index is -0.600. The zero-order valence-electron chi connectivity index (χ0n) is 10.5. The summed E-state index contributed by atoms with van der Waals surface area (Å²) in [6, 6.07) is 0. The second-order valence-electron chi connectivity index (χ2n) is 4.46. The smallest absolute Gasteiger partial charge is 0.158 e. The highest BCUT2D eigenvalue weighted by Crippen LogP contribution is 2.22. The van der Waals surface area contributed by atoms with Crippen molar-refractivity contribution in [3.8, 4) is 12.3 Å². The Kier molecular flexibility index (Phi) is 6.28. The van der Waals surface area contributed by atoms with E-state index in [1.54, 1.807) is 0 Å². The lowest BCUT2D eigenvalue weighted by molar-refractivity contribution is -0.200. The summed E-state index contributed by atoms with van der Waals surface area (Å²) in [6.45, 7) is 6.24. The molecule has 0 saturated carbocycles. The van der Waals surface area contributed by atoms with E-state index >= 15 is 0 Å². The summed E-state index contributed by atoms with van der Waals surface area (Å²) in [5.74, 6) is 2.52. The van der Waals surface area contributed by atoms with Gasteiger partial charge in [0.2, 0.25) is 0 Å². The van der Waals surface area contributed by atoms with E-state index in [1.165, 1.54) is 6.08 Å². The molecule has 3 heteroatoms. The van der Waals surface area contributed by atoms with Crippen LogP contribution in [-0.2, 0) is 9.47 Å². The van der Waals surface area contributed by atoms with Crippen LogP contribution >= 0.6 is 0 Å². The van der Waals surface area contributed by atoms with Gasteiger partial charge < -0.3 is 14.6 Å². The van der Waals surface area contributed by atoms with Crippen LogP contribution in [0.1, 0.15) is 32.6 Å². The second kappa shape index (κ2) is 7.50. The van der Waals surface area contributed by atoms with Gasteiger partial charge in [0.1, 0.15) is 0 Å². The lowest BCUT2D eigenvalue weighted by atomic mass is 9.95. The summed E-state index contributed by atoms with van der Waals surface area (Å²) in [7, 11) is 0. The van der Waals surface area contributed by atoms with Crippen molar-refractivity contribution in [2.24, 2.45) is 5.92 Å². The molecule has 0 aliphatic carbocycles. The first-order chi connectivity index (χ1) is 8.19. The first-order valence-corrected chi connectivity index (χ1v) is 6.20. The molecule has 0 radical (unpaired) electrons. The third-order valence-corrected chi connectivity index (χ3v) is 3.15. The maximum absolute atomic E-state index is 9.75. The molecule has 1 heterocycles. The van der Waals surface area contributed by atoms with Gasteiger partial charge in [-0.2, -0.15) is 0 Å². The summed E-state index contributed by atoms with van der Waals surface area (Å²) in [6.07, 6.45) is 9.47. The van der Waals surface area contributed by atoms with Gasteiger partial charge in [0.15, 0.2) is 6.29 Å². The largest absolute Gasteiger partial charge is 0.389 e. The molecule has 0 aromatic rings. The lowest BCUT2D eigenvalue weighted by Crippen LogP contribution is -2.35. The number of terminal acetylenes is 1. The van der Waals surface area contributed by atoms with E-state index in [9.17, 15) is 5.11 Å². The van der Waals surface area contributed by atoms with Crippen molar-refractivity contribution < 1.29 is 14.6 Å². The second-order valence-corrected chi connectivity index (χ2v) is 4.46. The van der Waals surface area contributed by atoms with Crippen LogP contribution in [0.5, 0.6) is 0 Å². The molecule has 1 fully saturated rings. The van der Waals surface area contributed by atoms with Gasteiger partial charge in [0.25, 0.3) is 0 Å². The van der Waals surface area contributed by atoms with Gasteiger partial charge in [-0.15, -0.1) is 18.9 Å². The fourth-order valence-corrected chi connectivity index (χ4v) is 1.92. The van der Waals surface area contributed by atoms with E-state index in [1.807, 2.05) is 6.92 Å². The van der Waals surface area contributed by atoms with E-state index in [4.69, 9.17) is 15.9 Å². The van der Waals surface area contributed by atoms with Gasteiger partial charge in [0, 0.05) is 18.9 Å². The van der Waals surface area contributed by atoms with E-state index < -0.39 is 6.10 Å². The van der Waals surface area contributed by atoms with Crippen LogP contribution in [-0.4, -0.2) is 30.2 Å². The Morgan fingerprint density at radius 1 is 1.65 bits per heavy atom. The zero-order valence-corrected chi connectivity index (χ0v) is 10.5. The highest BCUT2D eigenvalue weighted by molar-refractivity contribution is 4.94. The van der Waals surface area contributed by atoms with Crippen molar-refractivity contribution in [3.05, 3.63) is 12.7 Å². The monoisotopic (exact) mass is 238 g/mol. The molecular formula is C14H22O3. The molecule has 0 unspecified atom stereocenters. The van der Waals surface area contributed by atoms with Gasteiger partial charge in [0.05, 0.1) is 12.2 Å². The van der Waals surface area contributed by atoms with Gasteiger partial charge in [-0.25, -0.2) is 0 Å². The summed E-state index contributed by atoms with van der Waals surface area (Å²) in [5.41, 5.74) is 0. The van der Waals surface area contributed by atoms with E-state index in [0.717, 1.165) is 25.9 Å². The number of hydrogen-bond acceptors (Lipinski definition) is 3. The molecule has 1 aliphatic heterocycles. The van der Waals surface area contributed by atoms with Gasteiger partial charge in [-0.05, 0) is 19.3 Å². The predicted octanol–water partition coefficient (Wildman–Crippen LogP) is 2.10. The maximum atomic E-state index is 9.75. The van der Waals surface area contributed by atoms with Crippen LogP contribution in [0, 0.1) is 18.3 Å². The first kappa shape index (κ1) is 14.2. The fraction of sp³-hybridized carbons (Fsp3) is 0.714. The summed E-state index contributed by atoms with van der Waals surface area (Å²) < 4.78 is 11.4. The van der Waals surface area contributed by atoms with Crippen LogP contribution in [0.3, 0.4) is 0 Å². The van der Waals surface area contributed by atoms with Crippen LogP contribution in [0.15, 0.2) is 12.7 Å². The summed E-state index contributed by atoms with van der Waals surface area (Å²) >= 11 is 0. The normalized spacial score (nSPS) is 25.6. The van der Waals surface area contributed by atoms with E-state index in [-0.39, 0.29) is 18.3 Å². The average molecular weight is 238 g/mol. The molecule has 0 aromatic heterocycles. The number of rotatable bonds is 6. The van der Waals surface area contributed by atoms with E-state index in [0.29, 0.717) is 6.42 Å². The molecule has 0 bridgehead atoms. The highest BCUT2D eigenvalue weighted by Gasteiger charge is 2.26. The van der Waals surface area contributed by atoms with Crippen LogP contribution in [0.4, 0.5) is 0 Å². The Bertz CT molecular complexity index is 263. The van der Waals surface area contributed by atoms with Crippen LogP contribution in [0.2, 0.25) is 0 Å². The summed E-state index contributed by atoms with van der Waals surface area (Å²) in [5, 5.41) is 9.75. The Morgan fingerprint density at radius 3 is 2.94 bits per heavy atom. The topological polar surface area (TPSA) is 38.7 Å². The van der Waals surface area contributed by atoms with Crippen molar-refractivity contribution in [2.75, 3.05) is 6.61 Å². The number of ether oxygens (including phenoxy) is 2. The Hall–Kier alpha value is -0.820. The Labute approximate surface area is 104 Å². The first-order valence-electron chi connectivity index (χ1n) is 6.20. The molecule has 3 nitrogen and oxygen atoms in total. The molecule has 1 saturated heterocycles. The number of aliphatic hydroxyl groups is 1. The van der Waals surface area contributed by atoms with E-state index in [2.05, 4.69) is 12.5 Å². The molecule has 1 aliphatic rings. The predicted molar refractivity (Wildman–Crippen MR) is 67.3 cm³/mol. The quantitative estimate of drug-likeness (QED) is 0.569. The third kappa shape index (κ3) is 4.51. The Morgan fingerprint density at radius 2 is 2.41 bits per heavy atom. The zero-order chi connectivity index (χ0) is 12.7. The minimum Gasteiger partial charge on any atom is -0.389 e. The number of aliphatic hydroxyl groups excluding tert-OH is 1. The van der Waals surface area contributed by atoms with Gasteiger partial charge >= 0.3 is 0 Å². The molecule has 1 N–H and O–H groups in total. The molecule has 4 atom stereocenters. The van der Waals surface area contributed by atoms with Crippen LogP contribution in [0.25, 0.3) is 0 Å². The molecule has 0 aromatic carbocycles.